The summed E-state index contributed by atoms with van der Waals surface area (Å²) < 4.78 is 5.94. The third-order valence-corrected chi connectivity index (χ3v) is 3.62. The summed E-state index contributed by atoms with van der Waals surface area (Å²) in [6, 6.07) is 6.16. The van der Waals surface area contributed by atoms with E-state index in [-0.39, 0.29) is 6.61 Å². The summed E-state index contributed by atoms with van der Waals surface area (Å²) in [5.41, 5.74) is 6.95. The SMILES string of the molecule is CCCNC(C)(COc1cc(C)ccc1C(C)C)C(N)=O. The molecule has 1 amide bonds. The smallest absolute Gasteiger partial charge is 0.240 e. The maximum Gasteiger partial charge on any atom is 0.240 e. The monoisotopic (exact) mass is 292 g/mol. The highest BCUT2D eigenvalue weighted by atomic mass is 16.5. The van der Waals surface area contributed by atoms with Crippen LogP contribution in [0.15, 0.2) is 18.2 Å². The summed E-state index contributed by atoms with van der Waals surface area (Å²) in [5.74, 6) is 0.800. The second-order valence-electron chi connectivity index (χ2n) is 6.11. The molecule has 0 saturated carbocycles. The number of hydrogen-bond acceptors (Lipinski definition) is 3. The maximum atomic E-state index is 11.7. The van der Waals surface area contributed by atoms with Crippen molar-refractivity contribution in [1.29, 1.82) is 0 Å². The highest BCUT2D eigenvalue weighted by Gasteiger charge is 2.31. The lowest BCUT2D eigenvalue weighted by molar-refractivity contribution is -0.125. The highest BCUT2D eigenvalue weighted by molar-refractivity contribution is 5.84. The van der Waals surface area contributed by atoms with E-state index >= 15 is 0 Å². The minimum absolute atomic E-state index is 0.228. The van der Waals surface area contributed by atoms with Crippen molar-refractivity contribution in [3.63, 3.8) is 0 Å². The van der Waals surface area contributed by atoms with Crippen LogP contribution >= 0.6 is 0 Å². The third kappa shape index (κ3) is 4.74. The molecule has 0 bridgehead atoms. The number of ether oxygens (including phenoxy) is 1. The molecule has 0 saturated heterocycles. The van der Waals surface area contributed by atoms with E-state index in [0.29, 0.717) is 5.92 Å². The van der Waals surface area contributed by atoms with E-state index in [9.17, 15) is 4.79 Å². The molecule has 21 heavy (non-hydrogen) atoms. The van der Waals surface area contributed by atoms with Crippen LogP contribution < -0.4 is 15.8 Å². The molecule has 4 heteroatoms. The number of aryl methyl sites for hydroxylation is 1. The first-order valence-electron chi connectivity index (χ1n) is 7.58. The van der Waals surface area contributed by atoms with Crippen LogP contribution in [0.3, 0.4) is 0 Å². The Morgan fingerprint density at radius 1 is 1.43 bits per heavy atom. The highest BCUT2D eigenvalue weighted by Crippen LogP contribution is 2.28. The Morgan fingerprint density at radius 2 is 2.10 bits per heavy atom. The zero-order valence-corrected chi connectivity index (χ0v) is 13.8. The van der Waals surface area contributed by atoms with Crippen molar-refractivity contribution >= 4 is 5.91 Å². The van der Waals surface area contributed by atoms with Crippen LogP contribution in [-0.4, -0.2) is 24.6 Å². The van der Waals surface area contributed by atoms with Crippen LogP contribution in [0, 0.1) is 6.92 Å². The Bertz CT molecular complexity index is 486. The molecule has 0 fully saturated rings. The number of benzene rings is 1. The lowest BCUT2D eigenvalue weighted by Crippen LogP contribution is -2.57. The zero-order chi connectivity index (χ0) is 16.0. The van der Waals surface area contributed by atoms with Gasteiger partial charge in [-0.3, -0.25) is 4.79 Å². The van der Waals surface area contributed by atoms with Gasteiger partial charge in [-0.1, -0.05) is 32.9 Å². The van der Waals surface area contributed by atoms with E-state index in [0.717, 1.165) is 29.8 Å². The molecular formula is C17H28N2O2. The molecule has 1 aromatic rings. The van der Waals surface area contributed by atoms with Crippen LogP contribution in [0.2, 0.25) is 0 Å². The fourth-order valence-corrected chi connectivity index (χ4v) is 2.08. The standard InChI is InChI=1S/C17H28N2O2/c1-6-9-19-17(5,16(18)20)11-21-15-10-13(4)7-8-14(15)12(2)3/h7-8,10,12,19H,6,9,11H2,1-5H3,(H2,18,20). The zero-order valence-electron chi connectivity index (χ0n) is 13.8. The molecule has 0 spiro atoms. The largest absolute Gasteiger partial charge is 0.491 e. The Morgan fingerprint density at radius 3 is 2.62 bits per heavy atom. The van der Waals surface area contributed by atoms with Crippen LogP contribution in [0.1, 0.15) is 51.2 Å². The average molecular weight is 292 g/mol. The molecule has 0 aliphatic rings. The maximum absolute atomic E-state index is 11.7. The fourth-order valence-electron chi connectivity index (χ4n) is 2.08. The van der Waals surface area contributed by atoms with Crippen molar-refractivity contribution in [3.8, 4) is 5.75 Å². The Balaban J connectivity index is 2.89. The normalized spacial score (nSPS) is 14.0. The lowest BCUT2D eigenvalue weighted by atomic mass is 10.00. The molecule has 1 aromatic carbocycles. The predicted molar refractivity (Wildman–Crippen MR) is 86.7 cm³/mol. The molecule has 0 heterocycles. The summed E-state index contributed by atoms with van der Waals surface area (Å²) in [6.07, 6.45) is 0.935. The number of rotatable bonds is 8. The van der Waals surface area contributed by atoms with Gasteiger partial charge in [-0.15, -0.1) is 0 Å². The number of carbonyl (C=O) groups excluding carboxylic acids is 1. The number of amides is 1. The molecule has 1 unspecified atom stereocenters. The van der Waals surface area contributed by atoms with Crippen molar-refractivity contribution in [2.45, 2.75) is 52.5 Å². The van der Waals surface area contributed by atoms with Crippen molar-refractivity contribution in [2.75, 3.05) is 13.2 Å². The number of primary amides is 1. The quantitative estimate of drug-likeness (QED) is 0.774. The summed E-state index contributed by atoms with van der Waals surface area (Å²) in [6.45, 7) is 11.1. The number of carbonyl (C=O) groups is 1. The first-order valence-corrected chi connectivity index (χ1v) is 7.58. The second-order valence-corrected chi connectivity index (χ2v) is 6.11. The van der Waals surface area contributed by atoms with Crippen molar-refractivity contribution < 1.29 is 9.53 Å². The molecule has 1 rings (SSSR count). The molecule has 0 aliphatic heterocycles. The fraction of sp³-hybridized carbons (Fsp3) is 0.588. The average Bonchev–Trinajstić information content (AvgIpc) is 2.42. The van der Waals surface area contributed by atoms with Crippen LogP contribution in [0.5, 0.6) is 5.75 Å². The third-order valence-electron chi connectivity index (χ3n) is 3.62. The second kappa shape index (κ2) is 7.46. The molecule has 0 radical (unpaired) electrons. The van der Waals surface area contributed by atoms with E-state index in [1.807, 2.05) is 19.9 Å². The van der Waals surface area contributed by atoms with Gasteiger partial charge in [0.25, 0.3) is 0 Å². The van der Waals surface area contributed by atoms with E-state index in [4.69, 9.17) is 10.5 Å². The van der Waals surface area contributed by atoms with Gasteiger partial charge in [-0.25, -0.2) is 0 Å². The number of hydrogen-bond donors (Lipinski definition) is 2. The Labute approximate surface area is 128 Å². The van der Waals surface area contributed by atoms with Gasteiger partial charge in [0, 0.05) is 0 Å². The van der Waals surface area contributed by atoms with Crippen LogP contribution in [-0.2, 0) is 4.79 Å². The summed E-state index contributed by atoms with van der Waals surface area (Å²) in [7, 11) is 0. The molecule has 4 nitrogen and oxygen atoms in total. The lowest BCUT2D eigenvalue weighted by Gasteiger charge is -2.28. The van der Waals surface area contributed by atoms with Gasteiger partial charge in [0.05, 0.1) is 0 Å². The van der Waals surface area contributed by atoms with Crippen molar-refractivity contribution in [1.82, 2.24) is 5.32 Å². The minimum Gasteiger partial charge on any atom is -0.491 e. The Kier molecular flexibility index (Phi) is 6.21. The van der Waals surface area contributed by atoms with Gasteiger partial charge in [0.2, 0.25) is 5.91 Å². The minimum atomic E-state index is -0.853. The molecule has 1 atom stereocenters. The number of nitrogens with two attached hydrogens (primary N) is 1. The van der Waals surface area contributed by atoms with E-state index < -0.39 is 11.4 Å². The Hall–Kier alpha value is -1.55. The van der Waals surface area contributed by atoms with Gasteiger partial charge in [0.1, 0.15) is 17.9 Å². The first kappa shape index (κ1) is 17.5. The molecule has 0 aliphatic carbocycles. The predicted octanol–water partition coefficient (Wildman–Crippen LogP) is 2.74. The molecule has 3 N–H and O–H groups in total. The van der Waals surface area contributed by atoms with Gasteiger partial charge in [-0.2, -0.15) is 0 Å². The summed E-state index contributed by atoms with van der Waals surface area (Å²) >= 11 is 0. The van der Waals surface area contributed by atoms with E-state index in [2.05, 4.69) is 31.3 Å². The van der Waals surface area contributed by atoms with Crippen LogP contribution in [0.25, 0.3) is 0 Å². The van der Waals surface area contributed by atoms with E-state index in [1.165, 1.54) is 0 Å². The van der Waals surface area contributed by atoms with E-state index in [1.54, 1.807) is 6.92 Å². The van der Waals surface area contributed by atoms with Crippen molar-refractivity contribution in [3.05, 3.63) is 29.3 Å². The number of nitrogens with one attached hydrogen (secondary N) is 1. The van der Waals surface area contributed by atoms with Gasteiger partial charge in [-0.05, 0) is 49.9 Å². The summed E-state index contributed by atoms with van der Waals surface area (Å²) in [4.78, 5) is 11.7. The molecule has 118 valence electrons. The first-order chi connectivity index (χ1) is 9.80. The van der Waals surface area contributed by atoms with Gasteiger partial charge < -0.3 is 15.8 Å². The van der Waals surface area contributed by atoms with Crippen LogP contribution in [0.4, 0.5) is 0 Å². The van der Waals surface area contributed by atoms with Gasteiger partial charge >= 0.3 is 0 Å². The summed E-state index contributed by atoms with van der Waals surface area (Å²) in [5, 5.41) is 3.18. The van der Waals surface area contributed by atoms with Crippen molar-refractivity contribution in [2.24, 2.45) is 5.73 Å². The topological polar surface area (TPSA) is 64.3 Å². The molecular weight excluding hydrogens is 264 g/mol. The molecule has 0 aromatic heterocycles. The van der Waals surface area contributed by atoms with Gasteiger partial charge in [0.15, 0.2) is 0 Å².